The van der Waals surface area contributed by atoms with E-state index in [1.165, 1.54) is 31.5 Å². The minimum Gasteiger partial charge on any atom is -0.486 e. The number of rotatable bonds is 5. The summed E-state index contributed by atoms with van der Waals surface area (Å²) in [5.41, 5.74) is 1.41. The molecule has 2 aromatic rings. The van der Waals surface area contributed by atoms with Gasteiger partial charge in [0.1, 0.15) is 11.9 Å². The molecule has 0 unspecified atom stereocenters. The third-order valence-electron chi connectivity index (χ3n) is 5.33. The van der Waals surface area contributed by atoms with Crippen molar-refractivity contribution in [2.45, 2.75) is 31.5 Å². The Hall–Kier alpha value is -1.55. The maximum Gasteiger partial charge on any atom is 0.138 e. The first-order chi connectivity index (χ1) is 12.3. The minimum atomic E-state index is 0.280. The summed E-state index contributed by atoms with van der Waals surface area (Å²) in [6.07, 6.45) is 2.79. The maximum absolute atomic E-state index is 6.17. The molecule has 4 heteroatoms. The van der Waals surface area contributed by atoms with Gasteiger partial charge in [-0.25, -0.2) is 0 Å². The van der Waals surface area contributed by atoms with Gasteiger partial charge in [-0.05, 0) is 43.6 Å². The van der Waals surface area contributed by atoms with E-state index in [0.717, 1.165) is 25.4 Å². The molecule has 0 aliphatic carbocycles. The van der Waals surface area contributed by atoms with Gasteiger partial charge in [-0.15, -0.1) is 0 Å². The molecule has 2 aliphatic heterocycles. The summed E-state index contributed by atoms with van der Waals surface area (Å²) < 4.78 is 6.02. The quantitative estimate of drug-likeness (QED) is 0.803. The smallest absolute Gasteiger partial charge is 0.138 e. The zero-order valence-corrected chi connectivity index (χ0v) is 15.2. The second-order valence-corrected chi connectivity index (χ2v) is 7.52. The predicted octanol–water partition coefficient (Wildman–Crippen LogP) is 4.07. The van der Waals surface area contributed by atoms with Crippen LogP contribution in [-0.2, 0) is 6.54 Å². The zero-order chi connectivity index (χ0) is 17.1. The van der Waals surface area contributed by atoms with Crippen LogP contribution in [-0.4, -0.2) is 48.1 Å². The van der Waals surface area contributed by atoms with Crippen LogP contribution in [0.5, 0.6) is 5.75 Å². The van der Waals surface area contributed by atoms with Crippen molar-refractivity contribution < 1.29 is 4.74 Å². The number of halogens is 1. The average Bonchev–Trinajstić information content (AvgIpc) is 2.61. The first-order valence-corrected chi connectivity index (χ1v) is 9.57. The largest absolute Gasteiger partial charge is 0.486 e. The van der Waals surface area contributed by atoms with Crippen molar-refractivity contribution in [1.29, 1.82) is 0 Å². The summed E-state index contributed by atoms with van der Waals surface area (Å²) in [6, 6.07) is 19.2. The minimum absolute atomic E-state index is 0.280. The SMILES string of the molecule is Clc1ccccc1OC1CN(C2CCN(Cc3ccccc3)CC2)C1. The molecule has 0 N–H and O–H groups in total. The van der Waals surface area contributed by atoms with Gasteiger partial charge in [0.25, 0.3) is 0 Å². The van der Waals surface area contributed by atoms with Crippen LogP contribution >= 0.6 is 11.6 Å². The van der Waals surface area contributed by atoms with Crippen molar-refractivity contribution in [2.24, 2.45) is 0 Å². The number of benzene rings is 2. The first-order valence-electron chi connectivity index (χ1n) is 9.19. The van der Waals surface area contributed by atoms with Gasteiger partial charge in [-0.3, -0.25) is 9.80 Å². The van der Waals surface area contributed by atoms with Crippen molar-refractivity contribution in [3.63, 3.8) is 0 Å². The second-order valence-electron chi connectivity index (χ2n) is 7.12. The monoisotopic (exact) mass is 356 g/mol. The summed E-state index contributed by atoms with van der Waals surface area (Å²) in [4.78, 5) is 5.14. The summed E-state index contributed by atoms with van der Waals surface area (Å²) in [5, 5.41) is 0.704. The maximum atomic E-state index is 6.17. The van der Waals surface area contributed by atoms with Gasteiger partial charge in [0.15, 0.2) is 0 Å². The Morgan fingerprint density at radius 1 is 0.920 bits per heavy atom. The Morgan fingerprint density at radius 2 is 1.60 bits per heavy atom. The summed E-state index contributed by atoms with van der Waals surface area (Å²) in [7, 11) is 0. The Bertz CT molecular complexity index is 679. The highest BCUT2D eigenvalue weighted by Gasteiger charge is 2.35. The van der Waals surface area contributed by atoms with Crippen LogP contribution in [0, 0.1) is 0 Å². The Morgan fingerprint density at radius 3 is 2.32 bits per heavy atom. The number of nitrogens with zero attached hydrogens (tertiary/aromatic N) is 2. The molecule has 2 aliphatic rings. The van der Waals surface area contributed by atoms with E-state index in [1.807, 2.05) is 24.3 Å². The molecular weight excluding hydrogens is 332 g/mol. The van der Waals surface area contributed by atoms with Gasteiger partial charge in [0.2, 0.25) is 0 Å². The van der Waals surface area contributed by atoms with E-state index in [9.17, 15) is 0 Å². The van der Waals surface area contributed by atoms with Crippen molar-refractivity contribution in [3.8, 4) is 5.75 Å². The van der Waals surface area contributed by atoms with Crippen LogP contribution in [0.3, 0.4) is 0 Å². The van der Waals surface area contributed by atoms with E-state index in [-0.39, 0.29) is 6.10 Å². The lowest BCUT2D eigenvalue weighted by Gasteiger charge is -2.46. The van der Waals surface area contributed by atoms with Gasteiger partial charge in [0.05, 0.1) is 5.02 Å². The van der Waals surface area contributed by atoms with Crippen molar-refractivity contribution in [2.75, 3.05) is 26.2 Å². The highest BCUT2D eigenvalue weighted by Crippen LogP contribution is 2.29. The molecule has 0 amide bonds. The Labute approximate surface area is 155 Å². The molecule has 0 spiro atoms. The summed E-state index contributed by atoms with van der Waals surface area (Å²) in [6.45, 7) is 5.49. The van der Waals surface area contributed by atoms with E-state index < -0.39 is 0 Å². The van der Waals surface area contributed by atoms with Gasteiger partial charge in [0, 0.05) is 25.7 Å². The van der Waals surface area contributed by atoms with Crippen LogP contribution in [0.4, 0.5) is 0 Å². The van der Waals surface area contributed by atoms with Gasteiger partial charge < -0.3 is 4.74 Å². The molecule has 4 rings (SSSR count). The third-order valence-corrected chi connectivity index (χ3v) is 5.64. The average molecular weight is 357 g/mol. The number of hydrogen-bond donors (Lipinski definition) is 0. The molecule has 2 fully saturated rings. The molecular formula is C21H25ClN2O. The highest BCUT2D eigenvalue weighted by atomic mass is 35.5. The number of piperidine rings is 1. The predicted molar refractivity (Wildman–Crippen MR) is 102 cm³/mol. The topological polar surface area (TPSA) is 15.7 Å². The van der Waals surface area contributed by atoms with Gasteiger partial charge in [-0.2, -0.15) is 0 Å². The van der Waals surface area contributed by atoms with Gasteiger partial charge in [-0.1, -0.05) is 54.1 Å². The molecule has 0 saturated carbocycles. The molecule has 0 radical (unpaired) electrons. The van der Waals surface area contributed by atoms with Crippen molar-refractivity contribution in [3.05, 3.63) is 65.2 Å². The lowest BCUT2D eigenvalue weighted by Crippen LogP contribution is -2.59. The first kappa shape index (κ1) is 16.9. The van der Waals surface area contributed by atoms with E-state index in [4.69, 9.17) is 16.3 Å². The van der Waals surface area contributed by atoms with E-state index in [0.29, 0.717) is 11.1 Å². The molecule has 0 aromatic heterocycles. The molecule has 25 heavy (non-hydrogen) atoms. The fraction of sp³-hybridized carbons (Fsp3) is 0.429. The second kappa shape index (κ2) is 7.77. The molecule has 2 saturated heterocycles. The summed E-state index contributed by atoms with van der Waals surface area (Å²) in [5.74, 6) is 0.812. The fourth-order valence-electron chi connectivity index (χ4n) is 3.85. The van der Waals surface area contributed by atoms with Crippen molar-refractivity contribution >= 4 is 11.6 Å². The number of ether oxygens (including phenoxy) is 1. The molecule has 2 heterocycles. The van der Waals surface area contributed by atoms with Crippen LogP contribution in [0.25, 0.3) is 0 Å². The molecule has 0 bridgehead atoms. The van der Waals surface area contributed by atoms with E-state index >= 15 is 0 Å². The summed E-state index contributed by atoms with van der Waals surface area (Å²) >= 11 is 6.17. The lowest BCUT2D eigenvalue weighted by atomic mass is 9.98. The molecule has 132 valence electrons. The standard InChI is InChI=1S/C21H25ClN2O/c22-20-8-4-5-9-21(20)25-19-15-24(16-19)18-10-12-23(13-11-18)14-17-6-2-1-3-7-17/h1-9,18-19H,10-16H2. The highest BCUT2D eigenvalue weighted by molar-refractivity contribution is 6.32. The van der Waals surface area contributed by atoms with E-state index in [2.05, 4.69) is 40.1 Å². The normalized spacial score (nSPS) is 20.4. The van der Waals surface area contributed by atoms with Crippen LogP contribution in [0.1, 0.15) is 18.4 Å². The van der Waals surface area contributed by atoms with Crippen molar-refractivity contribution in [1.82, 2.24) is 9.80 Å². The number of likely N-dealkylation sites (tertiary alicyclic amines) is 2. The third kappa shape index (κ3) is 4.17. The number of hydrogen-bond acceptors (Lipinski definition) is 3. The van der Waals surface area contributed by atoms with Crippen LogP contribution in [0.2, 0.25) is 5.02 Å². The zero-order valence-electron chi connectivity index (χ0n) is 14.5. The Balaban J connectivity index is 1.20. The fourth-order valence-corrected chi connectivity index (χ4v) is 4.03. The van der Waals surface area contributed by atoms with Crippen LogP contribution in [0.15, 0.2) is 54.6 Å². The van der Waals surface area contributed by atoms with Gasteiger partial charge >= 0.3 is 0 Å². The molecule has 2 aromatic carbocycles. The number of para-hydroxylation sites is 1. The Kier molecular flexibility index (Phi) is 5.25. The lowest BCUT2D eigenvalue weighted by molar-refractivity contribution is -0.0271. The van der Waals surface area contributed by atoms with E-state index in [1.54, 1.807) is 0 Å². The molecule has 3 nitrogen and oxygen atoms in total. The van der Waals surface area contributed by atoms with Crippen LogP contribution < -0.4 is 4.74 Å². The molecule has 0 atom stereocenters.